The van der Waals surface area contributed by atoms with E-state index >= 15 is 0 Å². The van der Waals surface area contributed by atoms with Gasteiger partial charge in [0.05, 0.1) is 0 Å². The fraction of sp³-hybridized carbons (Fsp3) is 0.538. The molecule has 0 bridgehead atoms. The van der Waals surface area contributed by atoms with Crippen molar-refractivity contribution in [2.45, 2.75) is 24.7 Å². The van der Waals surface area contributed by atoms with E-state index in [9.17, 15) is 4.39 Å². The molecule has 0 heterocycles. The van der Waals surface area contributed by atoms with Crippen LogP contribution in [0, 0.1) is 17.7 Å². The van der Waals surface area contributed by atoms with Crippen LogP contribution in [0.25, 0.3) is 0 Å². The minimum atomic E-state index is -0.144. The van der Waals surface area contributed by atoms with Gasteiger partial charge in [-0.3, -0.25) is 0 Å². The quantitative estimate of drug-likeness (QED) is 0.806. The van der Waals surface area contributed by atoms with E-state index < -0.39 is 0 Å². The van der Waals surface area contributed by atoms with E-state index in [0.29, 0.717) is 11.3 Å². The number of hydrogen-bond donors (Lipinski definition) is 1. The van der Waals surface area contributed by atoms with Gasteiger partial charge in [0.25, 0.3) is 0 Å². The zero-order valence-corrected chi connectivity index (χ0v) is 8.75. The van der Waals surface area contributed by atoms with Crippen LogP contribution in [0.4, 0.5) is 4.39 Å². The second-order valence-corrected chi connectivity index (χ2v) is 4.96. The molecule has 1 aromatic rings. The summed E-state index contributed by atoms with van der Waals surface area (Å²) in [6, 6.07) is 7.04. The molecule has 2 fully saturated rings. The minimum absolute atomic E-state index is 0.144. The Morgan fingerprint density at radius 1 is 1.27 bits per heavy atom. The Hall–Kier alpha value is -0.890. The zero-order chi connectivity index (χ0) is 10.5. The first-order valence-corrected chi connectivity index (χ1v) is 5.73. The highest BCUT2D eigenvalue weighted by atomic mass is 19.1. The van der Waals surface area contributed by atoms with E-state index in [1.807, 2.05) is 12.1 Å². The van der Waals surface area contributed by atoms with E-state index in [1.54, 1.807) is 12.1 Å². The molecular formula is C13H16FN. The van der Waals surface area contributed by atoms with Gasteiger partial charge >= 0.3 is 0 Å². The predicted molar refractivity (Wildman–Crippen MR) is 58.0 cm³/mol. The fourth-order valence-corrected chi connectivity index (χ4v) is 3.09. The Labute approximate surface area is 89.5 Å². The van der Waals surface area contributed by atoms with Crippen molar-refractivity contribution in [2.75, 3.05) is 6.54 Å². The molecule has 2 atom stereocenters. The predicted octanol–water partition coefficient (Wildman–Crippen LogP) is 2.45. The summed E-state index contributed by atoms with van der Waals surface area (Å²) < 4.78 is 12.9. The van der Waals surface area contributed by atoms with Crippen molar-refractivity contribution in [3.63, 3.8) is 0 Å². The summed E-state index contributed by atoms with van der Waals surface area (Å²) in [5.74, 6) is 1.31. The molecule has 2 saturated carbocycles. The highest BCUT2D eigenvalue weighted by Crippen LogP contribution is 2.65. The van der Waals surface area contributed by atoms with Crippen LogP contribution in [0.5, 0.6) is 0 Å². The molecule has 0 amide bonds. The first kappa shape index (κ1) is 9.34. The molecule has 0 aliphatic heterocycles. The molecule has 2 N–H and O–H groups in total. The minimum Gasteiger partial charge on any atom is -0.330 e. The van der Waals surface area contributed by atoms with Crippen LogP contribution in [0.2, 0.25) is 0 Å². The van der Waals surface area contributed by atoms with Gasteiger partial charge in [0, 0.05) is 5.41 Å². The molecule has 1 unspecified atom stereocenters. The van der Waals surface area contributed by atoms with Crippen LogP contribution in [-0.4, -0.2) is 6.54 Å². The summed E-state index contributed by atoms with van der Waals surface area (Å²) in [4.78, 5) is 0. The van der Waals surface area contributed by atoms with Crippen LogP contribution in [0.1, 0.15) is 24.8 Å². The Morgan fingerprint density at radius 3 is 2.40 bits per heavy atom. The van der Waals surface area contributed by atoms with Gasteiger partial charge in [-0.2, -0.15) is 0 Å². The normalized spacial score (nSPS) is 34.1. The molecule has 2 aliphatic carbocycles. The van der Waals surface area contributed by atoms with Gasteiger partial charge in [-0.1, -0.05) is 12.1 Å². The van der Waals surface area contributed by atoms with Crippen molar-refractivity contribution >= 4 is 0 Å². The molecule has 0 saturated heterocycles. The molecule has 2 heteroatoms. The van der Waals surface area contributed by atoms with Crippen molar-refractivity contribution in [3.05, 3.63) is 35.6 Å². The van der Waals surface area contributed by atoms with Crippen molar-refractivity contribution in [3.8, 4) is 0 Å². The number of rotatable bonds is 3. The summed E-state index contributed by atoms with van der Waals surface area (Å²) in [5.41, 5.74) is 7.40. The number of benzene rings is 1. The molecule has 1 nitrogen and oxygen atoms in total. The SMILES string of the molecule is NC[C@@H]1CC1(c1ccc(F)cc1)C1CC1. The Bertz CT molecular complexity index is 369. The van der Waals surface area contributed by atoms with Crippen LogP contribution < -0.4 is 5.73 Å². The first-order valence-electron chi connectivity index (χ1n) is 5.73. The molecule has 0 spiro atoms. The van der Waals surface area contributed by atoms with Gasteiger partial charge in [0.15, 0.2) is 0 Å². The van der Waals surface area contributed by atoms with Gasteiger partial charge in [0.1, 0.15) is 5.82 Å². The van der Waals surface area contributed by atoms with Crippen molar-refractivity contribution < 1.29 is 4.39 Å². The lowest BCUT2D eigenvalue weighted by Gasteiger charge is -2.17. The maximum absolute atomic E-state index is 12.9. The number of nitrogens with two attached hydrogens (primary N) is 1. The summed E-state index contributed by atoms with van der Waals surface area (Å²) in [6.07, 6.45) is 3.86. The lowest BCUT2D eigenvalue weighted by molar-refractivity contribution is 0.533. The summed E-state index contributed by atoms with van der Waals surface area (Å²) in [5, 5.41) is 0. The third kappa shape index (κ3) is 1.31. The molecular weight excluding hydrogens is 189 g/mol. The van der Waals surface area contributed by atoms with Crippen LogP contribution >= 0.6 is 0 Å². The largest absolute Gasteiger partial charge is 0.330 e. The maximum Gasteiger partial charge on any atom is 0.123 e. The molecule has 3 rings (SSSR count). The van der Waals surface area contributed by atoms with Gasteiger partial charge in [-0.05, 0) is 55.3 Å². The Morgan fingerprint density at radius 2 is 1.93 bits per heavy atom. The van der Waals surface area contributed by atoms with Gasteiger partial charge in [-0.15, -0.1) is 0 Å². The van der Waals surface area contributed by atoms with Gasteiger partial charge in [-0.25, -0.2) is 4.39 Å². The topological polar surface area (TPSA) is 26.0 Å². The average Bonchev–Trinajstić information content (AvgIpc) is 3.12. The molecule has 2 aliphatic rings. The zero-order valence-electron chi connectivity index (χ0n) is 8.75. The molecule has 15 heavy (non-hydrogen) atoms. The maximum atomic E-state index is 12.9. The van der Waals surface area contributed by atoms with E-state index in [4.69, 9.17) is 5.73 Å². The Kier molecular flexibility index (Phi) is 1.90. The average molecular weight is 205 g/mol. The first-order chi connectivity index (χ1) is 7.27. The third-order valence-corrected chi connectivity index (χ3v) is 4.12. The van der Waals surface area contributed by atoms with Gasteiger partial charge in [0.2, 0.25) is 0 Å². The van der Waals surface area contributed by atoms with Crippen molar-refractivity contribution in [1.29, 1.82) is 0 Å². The van der Waals surface area contributed by atoms with Crippen LogP contribution in [0.15, 0.2) is 24.3 Å². The summed E-state index contributed by atoms with van der Waals surface area (Å²) in [7, 11) is 0. The lowest BCUT2D eigenvalue weighted by atomic mass is 9.88. The molecule has 80 valence electrons. The van der Waals surface area contributed by atoms with E-state index in [1.165, 1.54) is 24.8 Å². The number of halogens is 1. The lowest BCUT2D eigenvalue weighted by Crippen LogP contribution is -2.17. The summed E-state index contributed by atoms with van der Waals surface area (Å²) >= 11 is 0. The second-order valence-electron chi connectivity index (χ2n) is 4.96. The molecule has 0 aromatic heterocycles. The monoisotopic (exact) mass is 205 g/mol. The van der Waals surface area contributed by atoms with Crippen LogP contribution in [0.3, 0.4) is 0 Å². The third-order valence-electron chi connectivity index (χ3n) is 4.12. The number of hydrogen-bond acceptors (Lipinski definition) is 1. The highest BCUT2D eigenvalue weighted by molar-refractivity contribution is 5.37. The molecule has 1 aromatic carbocycles. The van der Waals surface area contributed by atoms with Crippen molar-refractivity contribution in [1.82, 2.24) is 0 Å². The van der Waals surface area contributed by atoms with Gasteiger partial charge < -0.3 is 5.73 Å². The fourth-order valence-electron chi connectivity index (χ4n) is 3.09. The van der Waals surface area contributed by atoms with Crippen LogP contribution in [-0.2, 0) is 5.41 Å². The second kappa shape index (κ2) is 3.05. The summed E-state index contributed by atoms with van der Waals surface area (Å²) in [6.45, 7) is 0.772. The van der Waals surface area contributed by atoms with Crippen molar-refractivity contribution in [2.24, 2.45) is 17.6 Å². The smallest absolute Gasteiger partial charge is 0.123 e. The molecule has 0 radical (unpaired) electrons. The standard InChI is InChI=1S/C13H16FN/c14-12-5-3-10(4-6-12)13(9-1-2-9)7-11(13)8-15/h3-6,9,11H,1-2,7-8,15H2/t11-,13?/m0/s1. The van der Waals surface area contributed by atoms with E-state index in [2.05, 4.69) is 0 Å². The van der Waals surface area contributed by atoms with E-state index in [-0.39, 0.29) is 5.82 Å². The van der Waals surface area contributed by atoms with E-state index in [0.717, 1.165) is 12.5 Å². The highest BCUT2D eigenvalue weighted by Gasteiger charge is 2.61. The Balaban J connectivity index is 1.93.